The number of nitrogens with zero attached hydrogens (tertiary/aromatic N) is 1. The molecule has 1 nitrogen and oxygen atoms in total. The molecule has 0 aliphatic heterocycles. The predicted molar refractivity (Wildman–Crippen MR) is 57.3 cm³/mol. The molecule has 0 aromatic rings. The molecule has 0 amide bonds. The van der Waals surface area contributed by atoms with Crippen molar-refractivity contribution in [2.75, 3.05) is 5.75 Å². The molecule has 0 saturated heterocycles. The first-order valence-electron chi connectivity index (χ1n) is 3.89. The number of rotatable bonds is 3. The van der Waals surface area contributed by atoms with E-state index in [4.69, 9.17) is 0 Å². The lowest BCUT2D eigenvalue weighted by Gasteiger charge is -1.79. The summed E-state index contributed by atoms with van der Waals surface area (Å²) in [5.74, 6) is 1.91. The van der Waals surface area contributed by atoms with Gasteiger partial charge in [-0.05, 0) is 11.7 Å². The van der Waals surface area contributed by atoms with Gasteiger partial charge in [-0.3, -0.25) is 4.99 Å². The van der Waals surface area contributed by atoms with Gasteiger partial charge in [0.05, 0.1) is 5.55 Å². The first kappa shape index (κ1) is 13.4. The Bertz CT molecular complexity index is 95.0. The second-order valence-electron chi connectivity index (χ2n) is 2.62. The Morgan fingerprint density at radius 3 is 2.18 bits per heavy atom. The van der Waals surface area contributed by atoms with Gasteiger partial charge >= 0.3 is 0 Å². The van der Waals surface area contributed by atoms with E-state index in [0.29, 0.717) is 0 Å². The summed E-state index contributed by atoms with van der Waals surface area (Å²) < 4.78 is 0. The largest absolute Gasteiger partial charge is 0.259 e. The van der Waals surface area contributed by atoms with Gasteiger partial charge in [-0.15, -0.1) is 11.8 Å². The van der Waals surface area contributed by atoms with Crippen LogP contribution >= 0.6 is 11.8 Å². The van der Waals surface area contributed by atoms with E-state index in [1.54, 1.807) is 17.3 Å². The molecule has 2 heteroatoms. The third kappa shape index (κ3) is 41.6. The van der Waals surface area contributed by atoms with Crippen molar-refractivity contribution >= 4 is 17.3 Å². The van der Waals surface area contributed by atoms with Crippen molar-refractivity contribution in [3.05, 3.63) is 12.8 Å². The topological polar surface area (TPSA) is 12.4 Å². The molecule has 0 aromatic heterocycles. The maximum Gasteiger partial charge on any atom is 0.0596 e. The van der Waals surface area contributed by atoms with E-state index < -0.39 is 0 Å². The highest BCUT2D eigenvalue weighted by molar-refractivity contribution is 8.12. The van der Waals surface area contributed by atoms with Gasteiger partial charge in [0.15, 0.2) is 0 Å². The second kappa shape index (κ2) is 12.4. The third-order valence-electron chi connectivity index (χ3n) is 0.407. The van der Waals surface area contributed by atoms with Crippen LogP contribution in [-0.4, -0.2) is 11.3 Å². The molecule has 0 radical (unpaired) electrons. The fraction of sp³-hybridized carbons (Fsp3) is 0.667. The minimum absolute atomic E-state index is 0.833. The van der Waals surface area contributed by atoms with E-state index in [0.717, 1.165) is 11.7 Å². The van der Waals surface area contributed by atoms with Crippen LogP contribution in [0.2, 0.25) is 0 Å². The average Bonchev–Trinajstić information content (AvgIpc) is 1.88. The lowest BCUT2D eigenvalue weighted by atomic mass is 10.3. The third-order valence-corrected chi connectivity index (χ3v) is 1.01. The van der Waals surface area contributed by atoms with Crippen LogP contribution in [0.15, 0.2) is 17.8 Å². The van der Waals surface area contributed by atoms with Crippen LogP contribution in [0, 0.1) is 5.92 Å². The van der Waals surface area contributed by atoms with Crippen molar-refractivity contribution < 1.29 is 0 Å². The van der Waals surface area contributed by atoms with E-state index in [-0.39, 0.29) is 0 Å². The lowest BCUT2D eigenvalue weighted by Crippen LogP contribution is -1.66. The minimum Gasteiger partial charge on any atom is -0.259 e. The van der Waals surface area contributed by atoms with Gasteiger partial charge in [0.25, 0.3) is 0 Å². The normalized spacial score (nSPS) is 9.55. The molecular formula is C9H19NS. The zero-order valence-corrected chi connectivity index (χ0v) is 8.82. The van der Waals surface area contributed by atoms with Crippen molar-refractivity contribution in [3.8, 4) is 0 Å². The Balaban J connectivity index is 0. The molecule has 0 aliphatic carbocycles. The van der Waals surface area contributed by atoms with Gasteiger partial charge in [0.1, 0.15) is 0 Å². The SMILES string of the molecule is C=CN=CSCC.CC(C)C. The molecule has 66 valence electrons. The van der Waals surface area contributed by atoms with Gasteiger partial charge in [0.2, 0.25) is 0 Å². The van der Waals surface area contributed by atoms with Crippen LogP contribution in [0.25, 0.3) is 0 Å². The summed E-state index contributed by atoms with van der Waals surface area (Å²) in [6, 6.07) is 0. The summed E-state index contributed by atoms with van der Waals surface area (Å²) in [4.78, 5) is 3.76. The molecule has 0 atom stereocenters. The zero-order chi connectivity index (χ0) is 9.11. The highest BCUT2D eigenvalue weighted by Gasteiger charge is 1.68. The number of aliphatic imine (C=N–C) groups is 1. The molecule has 0 saturated carbocycles. The van der Waals surface area contributed by atoms with Crippen LogP contribution in [0.5, 0.6) is 0 Å². The van der Waals surface area contributed by atoms with Crippen LogP contribution in [0.4, 0.5) is 0 Å². The summed E-state index contributed by atoms with van der Waals surface area (Å²) in [7, 11) is 0. The fourth-order valence-corrected chi connectivity index (χ4v) is 0.482. The Kier molecular flexibility index (Phi) is 15.1. The van der Waals surface area contributed by atoms with E-state index >= 15 is 0 Å². The summed E-state index contributed by atoms with van der Waals surface area (Å²) in [6.07, 6.45) is 1.53. The second-order valence-corrected chi connectivity index (χ2v) is 3.75. The Hall–Kier alpha value is -0.240. The maximum absolute atomic E-state index is 3.76. The van der Waals surface area contributed by atoms with Gasteiger partial charge in [-0.1, -0.05) is 34.3 Å². The molecule has 0 N–H and O–H groups in total. The first-order valence-corrected chi connectivity index (χ1v) is 4.94. The van der Waals surface area contributed by atoms with Gasteiger partial charge in [-0.2, -0.15) is 0 Å². The summed E-state index contributed by atoms with van der Waals surface area (Å²) >= 11 is 1.67. The van der Waals surface area contributed by atoms with Gasteiger partial charge < -0.3 is 0 Å². The first-order chi connectivity index (χ1) is 5.15. The molecule has 0 bridgehead atoms. The molecule has 0 heterocycles. The minimum atomic E-state index is 0.833. The van der Waals surface area contributed by atoms with Crippen molar-refractivity contribution in [1.29, 1.82) is 0 Å². The van der Waals surface area contributed by atoms with Gasteiger partial charge in [0, 0.05) is 6.20 Å². The quantitative estimate of drug-likeness (QED) is 0.469. The summed E-state index contributed by atoms with van der Waals surface area (Å²) in [5.41, 5.74) is 1.78. The zero-order valence-electron chi connectivity index (χ0n) is 8.00. The van der Waals surface area contributed by atoms with Crippen LogP contribution in [0.3, 0.4) is 0 Å². The maximum atomic E-state index is 3.76. The Labute approximate surface area is 75.0 Å². The Morgan fingerprint density at radius 2 is 1.91 bits per heavy atom. The molecule has 0 aromatic carbocycles. The molecule has 0 rings (SSSR count). The number of hydrogen-bond donors (Lipinski definition) is 0. The van der Waals surface area contributed by atoms with Crippen molar-refractivity contribution in [2.24, 2.45) is 10.9 Å². The van der Waals surface area contributed by atoms with E-state index in [2.05, 4.69) is 39.3 Å². The van der Waals surface area contributed by atoms with Crippen LogP contribution < -0.4 is 0 Å². The molecular weight excluding hydrogens is 154 g/mol. The molecule has 0 spiro atoms. The van der Waals surface area contributed by atoms with Gasteiger partial charge in [-0.25, -0.2) is 0 Å². The van der Waals surface area contributed by atoms with Crippen molar-refractivity contribution in [2.45, 2.75) is 27.7 Å². The average molecular weight is 173 g/mol. The summed E-state index contributed by atoms with van der Waals surface area (Å²) in [6.45, 7) is 12.0. The Morgan fingerprint density at radius 1 is 1.45 bits per heavy atom. The van der Waals surface area contributed by atoms with Crippen LogP contribution in [0.1, 0.15) is 27.7 Å². The smallest absolute Gasteiger partial charge is 0.0596 e. The van der Waals surface area contributed by atoms with Crippen molar-refractivity contribution in [1.82, 2.24) is 0 Å². The fourth-order valence-electron chi connectivity index (χ4n) is 0.161. The summed E-state index contributed by atoms with van der Waals surface area (Å²) in [5, 5.41) is 0. The highest BCUT2D eigenvalue weighted by atomic mass is 32.2. The highest BCUT2D eigenvalue weighted by Crippen LogP contribution is 1.90. The van der Waals surface area contributed by atoms with E-state index in [9.17, 15) is 0 Å². The molecule has 0 unspecified atom stereocenters. The molecule has 0 fully saturated rings. The van der Waals surface area contributed by atoms with Crippen LogP contribution in [-0.2, 0) is 0 Å². The molecule has 11 heavy (non-hydrogen) atoms. The molecule has 0 aliphatic rings. The number of thioether (sulfide) groups is 1. The van der Waals surface area contributed by atoms with Crippen molar-refractivity contribution in [3.63, 3.8) is 0 Å². The predicted octanol–water partition coefficient (Wildman–Crippen LogP) is 3.57. The van der Waals surface area contributed by atoms with E-state index in [1.807, 2.05) is 0 Å². The standard InChI is InChI=1S/C5H9NS.C4H10/c1-3-6-5-7-4-2;1-4(2)3/h3,5H,1,4H2,2H3;4H,1-3H3. The number of hydrogen-bond acceptors (Lipinski definition) is 2. The lowest BCUT2D eigenvalue weighted by molar-refractivity contribution is 0.737. The van der Waals surface area contributed by atoms with E-state index in [1.165, 1.54) is 6.20 Å². The monoisotopic (exact) mass is 173 g/mol.